The molecule has 2 aromatic rings. The maximum absolute atomic E-state index is 12.4. The fraction of sp³-hybridized carbons (Fsp3) is 0.294. The van der Waals surface area contributed by atoms with Crippen LogP contribution in [-0.2, 0) is 21.2 Å². The first kappa shape index (κ1) is 19.7. The smallest absolute Gasteiger partial charge is 0.326 e. The minimum absolute atomic E-state index is 0.0234. The predicted molar refractivity (Wildman–Crippen MR) is 93.4 cm³/mol. The quantitative estimate of drug-likeness (QED) is 0.747. The van der Waals surface area contributed by atoms with Crippen molar-refractivity contribution in [3.05, 3.63) is 53.3 Å². The Labute approximate surface area is 151 Å². The first-order chi connectivity index (χ1) is 12.1. The van der Waals surface area contributed by atoms with E-state index in [0.29, 0.717) is 0 Å². The molecule has 1 aromatic heterocycles. The molecule has 1 aromatic carbocycles. The summed E-state index contributed by atoms with van der Waals surface area (Å²) < 4.78 is 30.3. The molecular formula is C17H20N2O6S. The Bertz CT molecular complexity index is 903. The Kier molecular flexibility index (Phi) is 5.83. The molecule has 0 saturated carbocycles. The van der Waals surface area contributed by atoms with Gasteiger partial charge in [0.05, 0.1) is 5.56 Å². The maximum Gasteiger partial charge on any atom is 0.326 e. The van der Waals surface area contributed by atoms with Gasteiger partial charge < -0.3 is 14.8 Å². The van der Waals surface area contributed by atoms with E-state index in [-0.39, 0.29) is 22.8 Å². The van der Waals surface area contributed by atoms with Gasteiger partial charge in [-0.3, -0.25) is 4.79 Å². The van der Waals surface area contributed by atoms with Gasteiger partial charge in [-0.15, -0.1) is 0 Å². The molecule has 0 unspecified atom stereocenters. The number of aryl methyl sites for hydroxylation is 1. The standard InChI is InChI=1S/C17H20N2O6S/c1-11-13(10-15(25-11)26(23,24)19(2)3)16(20)18-14(17(21)22)9-12-7-5-4-6-8-12/h4-8,10,14H,9H2,1-3H3,(H,18,20)(H,21,22)/t14-/m0/s1. The number of rotatable bonds is 7. The summed E-state index contributed by atoms with van der Waals surface area (Å²) in [5.41, 5.74) is 0.727. The highest BCUT2D eigenvalue weighted by molar-refractivity contribution is 7.88. The number of furan rings is 1. The summed E-state index contributed by atoms with van der Waals surface area (Å²) in [4.78, 5) is 23.9. The monoisotopic (exact) mass is 380 g/mol. The third-order valence-corrected chi connectivity index (χ3v) is 5.43. The van der Waals surface area contributed by atoms with Gasteiger partial charge in [-0.25, -0.2) is 17.5 Å². The summed E-state index contributed by atoms with van der Waals surface area (Å²) in [7, 11) is -1.15. The second kappa shape index (κ2) is 7.71. The average molecular weight is 380 g/mol. The molecule has 1 amide bonds. The Balaban J connectivity index is 2.22. The van der Waals surface area contributed by atoms with Crippen molar-refractivity contribution in [3.63, 3.8) is 0 Å². The summed E-state index contributed by atoms with van der Waals surface area (Å²) >= 11 is 0. The molecule has 2 rings (SSSR count). The Hall–Kier alpha value is -2.65. The van der Waals surface area contributed by atoms with E-state index in [0.717, 1.165) is 15.9 Å². The fourth-order valence-corrected chi connectivity index (χ4v) is 3.13. The highest BCUT2D eigenvalue weighted by Crippen LogP contribution is 2.21. The van der Waals surface area contributed by atoms with Gasteiger partial charge in [-0.1, -0.05) is 30.3 Å². The molecule has 140 valence electrons. The van der Waals surface area contributed by atoms with E-state index < -0.39 is 27.9 Å². The number of sulfonamides is 1. The second-order valence-corrected chi connectivity index (χ2v) is 7.96. The summed E-state index contributed by atoms with van der Waals surface area (Å²) in [6.07, 6.45) is 0.0989. The molecule has 0 fully saturated rings. The minimum atomic E-state index is -3.84. The van der Waals surface area contributed by atoms with E-state index in [4.69, 9.17) is 4.42 Å². The fourth-order valence-electron chi connectivity index (χ4n) is 2.27. The Morgan fingerprint density at radius 2 is 1.85 bits per heavy atom. The van der Waals surface area contributed by atoms with Crippen LogP contribution in [0, 0.1) is 6.92 Å². The molecule has 1 atom stereocenters. The van der Waals surface area contributed by atoms with Crippen molar-refractivity contribution in [3.8, 4) is 0 Å². The van der Waals surface area contributed by atoms with E-state index in [1.165, 1.54) is 21.0 Å². The number of hydrogen-bond donors (Lipinski definition) is 2. The molecule has 0 bridgehead atoms. The van der Waals surface area contributed by atoms with Crippen molar-refractivity contribution in [2.24, 2.45) is 0 Å². The van der Waals surface area contributed by atoms with Crippen LogP contribution in [0.15, 0.2) is 45.9 Å². The molecule has 0 spiro atoms. The van der Waals surface area contributed by atoms with Gasteiger partial charge >= 0.3 is 5.97 Å². The van der Waals surface area contributed by atoms with Crippen molar-refractivity contribution in [1.82, 2.24) is 9.62 Å². The zero-order valence-electron chi connectivity index (χ0n) is 14.6. The molecule has 0 aliphatic rings. The Morgan fingerprint density at radius 1 is 1.23 bits per heavy atom. The highest BCUT2D eigenvalue weighted by Gasteiger charge is 2.28. The lowest BCUT2D eigenvalue weighted by molar-refractivity contribution is -0.139. The summed E-state index contributed by atoms with van der Waals surface area (Å²) in [5, 5.41) is 11.4. The first-order valence-electron chi connectivity index (χ1n) is 7.73. The number of benzene rings is 1. The van der Waals surface area contributed by atoms with Crippen LogP contribution in [0.4, 0.5) is 0 Å². The van der Waals surface area contributed by atoms with E-state index in [2.05, 4.69) is 5.32 Å². The molecule has 1 heterocycles. The zero-order chi connectivity index (χ0) is 19.5. The molecule has 9 heteroatoms. The van der Waals surface area contributed by atoms with E-state index >= 15 is 0 Å². The molecular weight excluding hydrogens is 360 g/mol. The van der Waals surface area contributed by atoms with Crippen LogP contribution in [0.1, 0.15) is 21.7 Å². The SMILES string of the molecule is Cc1oc(S(=O)(=O)N(C)C)cc1C(=O)N[C@@H](Cc1ccccc1)C(=O)O. The van der Waals surface area contributed by atoms with Crippen LogP contribution >= 0.6 is 0 Å². The zero-order valence-corrected chi connectivity index (χ0v) is 15.4. The lowest BCUT2D eigenvalue weighted by atomic mass is 10.1. The topological polar surface area (TPSA) is 117 Å². The van der Waals surface area contributed by atoms with Crippen LogP contribution in [0.5, 0.6) is 0 Å². The third kappa shape index (κ3) is 4.30. The number of carbonyl (C=O) groups excluding carboxylic acids is 1. The van der Waals surface area contributed by atoms with Crippen molar-refractivity contribution in [2.75, 3.05) is 14.1 Å². The normalized spacial score (nSPS) is 12.8. The van der Waals surface area contributed by atoms with Crippen LogP contribution in [-0.4, -0.2) is 49.8 Å². The van der Waals surface area contributed by atoms with E-state index in [1.54, 1.807) is 30.3 Å². The third-order valence-electron chi connectivity index (χ3n) is 3.76. The molecule has 0 aliphatic carbocycles. The van der Waals surface area contributed by atoms with E-state index in [9.17, 15) is 23.1 Å². The first-order valence-corrected chi connectivity index (χ1v) is 9.17. The van der Waals surface area contributed by atoms with Crippen molar-refractivity contribution in [1.29, 1.82) is 0 Å². The number of nitrogens with one attached hydrogen (secondary N) is 1. The van der Waals surface area contributed by atoms with Gasteiger partial charge in [0.15, 0.2) is 0 Å². The number of carboxylic acids is 1. The summed E-state index contributed by atoms with van der Waals surface area (Å²) in [6.45, 7) is 1.44. The number of nitrogens with zero attached hydrogens (tertiary/aromatic N) is 1. The average Bonchev–Trinajstić information content (AvgIpc) is 2.97. The molecule has 0 aliphatic heterocycles. The number of hydrogen-bond acceptors (Lipinski definition) is 5. The molecule has 0 radical (unpaired) electrons. The van der Waals surface area contributed by atoms with E-state index in [1.807, 2.05) is 0 Å². The van der Waals surface area contributed by atoms with Gasteiger partial charge in [-0.2, -0.15) is 0 Å². The van der Waals surface area contributed by atoms with Gasteiger partial charge in [-0.05, 0) is 12.5 Å². The molecule has 8 nitrogen and oxygen atoms in total. The molecule has 0 saturated heterocycles. The van der Waals surface area contributed by atoms with Crippen LogP contribution < -0.4 is 5.32 Å². The largest absolute Gasteiger partial charge is 0.480 e. The van der Waals surface area contributed by atoms with Crippen LogP contribution in [0.3, 0.4) is 0 Å². The van der Waals surface area contributed by atoms with Crippen LogP contribution in [0.2, 0.25) is 0 Å². The lowest BCUT2D eigenvalue weighted by Gasteiger charge is -2.14. The minimum Gasteiger partial charge on any atom is -0.480 e. The van der Waals surface area contributed by atoms with Gasteiger partial charge in [0.1, 0.15) is 11.8 Å². The van der Waals surface area contributed by atoms with Gasteiger partial charge in [0.2, 0.25) is 5.09 Å². The number of carboxylic acid groups (broad SMARTS) is 1. The summed E-state index contributed by atoms with van der Waals surface area (Å²) in [6, 6.07) is 8.80. The highest BCUT2D eigenvalue weighted by atomic mass is 32.2. The van der Waals surface area contributed by atoms with Crippen molar-refractivity contribution in [2.45, 2.75) is 24.5 Å². The number of amides is 1. The second-order valence-electron chi connectivity index (χ2n) is 5.88. The number of carbonyl (C=O) groups is 2. The molecule has 2 N–H and O–H groups in total. The number of aliphatic carboxylic acids is 1. The van der Waals surface area contributed by atoms with Crippen molar-refractivity contribution < 1.29 is 27.5 Å². The van der Waals surface area contributed by atoms with Gasteiger partial charge in [0.25, 0.3) is 15.9 Å². The van der Waals surface area contributed by atoms with Crippen molar-refractivity contribution >= 4 is 21.9 Å². The van der Waals surface area contributed by atoms with Crippen LogP contribution in [0.25, 0.3) is 0 Å². The van der Waals surface area contributed by atoms with Gasteiger partial charge in [0, 0.05) is 26.6 Å². The predicted octanol–water partition coefficient (Wildman–Crippen LogP) is 1.26. The lowest BCUT2D eigenvalue weighted by Crippen LogP contribution is -2.42. The summed E-state index contributed by atoms with van der Waals surface area (Å²) in [5.74, 6) is -1.81. The maximum atomic E-state index is 12.4. The Morgan fingerprint density at radius 3 is 2.38 bits per heavy atom. The molecule has 26 heavy (non-hydrogen) atoms.